The Hall–Kier alpha value is -1.33. The summed E-state index contributed by atoms with van der Waals surface area (Å²) < 4.78 is 30.6. The average Bonchev–Trinajstić information content (AvgIpc) is 2.46. The maximum absolute atomic E-state index is 13.8. The largest absolute Gasteiger partial charge is 0.486 e. The maximum atomic E-state index is 13.8. The molecular formula is C14H18FNO3. The summed E-state index contributed by atoms with van der Waals surface area (Å²) >= 11 is 0. The average molecular weight is 267 g/mol. The summed E-state index contributed by atoms with van der Waals surface area (Å²) in [6, 6.07) is 3.60. The summed E-state index contributed by atoms with van der Waals surface area (Å²) in [6.07, 6.45) is -1.19. The van der Waals surface area contributed by atoms with Crippen molar-refractivity contribution in [3.05, 3.63) is 23.3 Å². The van der Waals surface area contributed by atoms with E-state index in [0.717, 1.165) is 12.1 Å². The predicted molar refractivity (Wildman–Crippen MR) is 68.5 cm³/mol. The molecule has 0 aromatic heterocycles. The first kappa shape index (κ1) is 12.7. The van der Waals surface area contributed by atoms with Crippen LogP contribution >= 0.6 is 0 Å². The van der Waals surface area contributed by atoms with E-state index < -0.39 is 6.17 Å². The van der Waals surface area contributed by atoms with Crippen molar-refractivity contribution in [2.45, 2.75) is 19.2 Å². The highest BCUT2D eigenvalue weighted by Crippen LogP contribution is 2.39. The normalized spacial score (nSPS) is 24.0. The van der Waals surface area contributed by atoms with E-state index in [1.165, 1.54) is 6.92 Å². The van der Waals surface area contributed by atoms with E-state index in [2.05, 4.69) is 5.32 Å². The van der Waals surface area contributed by atoms with Gasteiger partial charge in [-0.15, -0.1) is 0 Å². The van der Waals surface area contributed by atoms with Crippen LogP contribution in [0, 0.1) is 0 Å². The van der Waals surface area contributed by atoms with E-state index in [9.17, 15) is 4.39 Å². The van der Waals surface area contributed by atoms with Crippen LogP contribution in [0.1, 0.15) is 30.3 Å². The van der Waals surface area contributed by atoms with Gasteiger partial charge in [0.2, 0.25) is 0 Å². The highest BCUT2D eigenvalue weighted by atomic mass is 19.1. The van der Waals surface area contributed by atoms with Crippen LogP contribution in [0.25, 0.3) is 0 Å². The molecule has 3 rings (SSSR count). The van der Waals surface area contributed by atoms with Crippen LogP contribution in [0.15, 0.2) is 12.1 Å². The molecule has 2 atom stereocenters. The van der Waals surface area contributed by atoms with Gasteiger partial charge in [0.05, 0.1) is 12.7 Å². The number of nitrogens with one attached hydrogen (secondary N) is 1. The second-order valence-electron chi connectivity index (χ2n) is 4.80. The summed E-state index contributed by atoms with van der Waals surface area (Å²) in [5.41, 5.74) is 1.48. The van der Waals surface area contributed by atoms with E-state index >= 15 is 0 Å². The van der Waals surface area contributed by atoms with Crippen molar-refractivity contribution in [1.29, 1.82) is 0 Å². The topological polar surface area (TPSA) is 39.7 Å². The van der Waals surface area contributed by atoms with Gasteiger partial charge in [0.25, 0.3) is 0 Å². The molecule has 1 aromatic carbocycles. The minimum Gasteiger partial charge on any atom is -0.486 e. The van der Waals surface area contributed by atoms with Gasteiger partial charge < -0.3 is 19.5 Å². The Kier molecular flexibility index (Phi) is 3.57. The third-order valence-electron chi connectivity index (χ3n) is 3.45. The monoisotopic (exact) mass is 267 g/mol. The zero-order valence-electron chi connectivity index (χ0n) is 10.9. The highest BCUT2D eigenvalue weighted by Gasteiger charge is 2.25. The predicted octanol–water partition coefficient (Wildman–Crippen LogP) is 2.15. The third kappa shape index (κ3) is 2.53. The molecule has 1 saturated heterocycles. The van der Waals surface area contributed by atoms with Gasteiger partial charge >= 0.3 is 0 Å². The SMILES string of the molecule is CC(F)c1cc2c(cc1C1CNCCO1)OCCO2. The first-order valence-corrected chi connectivity index (χ1v) is 6.65. The van der Waals surface area contributed by atoms with Crippen LogP contribution < -0.4 is 14.8 Å². The Balaban J connectivity index is 2.00. The fourth-order valence-electron chi connectivity index (χ4n) is 2.51. The number of halogens is 1. The second kappa shape index (κ2) is 5.35. The van der Waals surface area contributed by atoms with Gasteiger partial charge in [0.1, 0.15) is 19.4 Å². The minimum atomic E-state index is -1.06. The summed E-state index contributed by atoms with van der Waals surface area (Å²) in [7, 11) is 0. The highest BCUT2D eigenvalue weighted by molar-refractivity contribution is 5.49. The van der Waals surface area contributed by atoms with Gasteiger partial charge in [0, 0.05) is 13.1 Å². The molecule has 104 valence electrons. The number of ether oxygens (including phenoxy) is 3. The molecule has 1 N–H and O–H groups in total. The number of morpholine rings is 1. The van der Waals surface area contributed by atoms with Crippen LogP contribution in [-0.4, -0.2) is 32.9 Å². The summed E-state index contributed by atoms with van der Waals surface area (Å²) in [6.45, 7) is 4.74. The molecule has 0 spiro atoms. The van der Waals surface area contributed by atoms with Crippen molar-refractivity contribution < 1.29 is 18.6 Å². The number of hydrogen-bond donors (Lipinski definition) is 1. The molecule has 1 fully saturated rings. The summed E-state index contributed by atoms with van der Waals surface area (Å²) in [5.74, 6) is 1.30. The maximum Gasteiger partial charge on any atom is 0.161 e. The van der Waals surface area contributed by atoms with E-state index in [-0.39, 0.29) is 6.10 Å². The van der Waals surface area contributed by atoms with Crippen molar-refractivity contribution in [2.24, 2.45) is 0 Å². The molecule has 1 aromatic rings. The van der Waals surface area contributed by atoms with Crippen molar-refractivity contribution in [2.75, 3.05) is 32.9 Å². The Morgan fingerprint density at radius 1 is 1.21 bits per heavy atom. The number of fused-ring (bicyclic) bond motifs is 1. The second-order valence-corrected chi connectivity index (χ2v) is 4.80. The molecule has 0 saturated carbocycles. The molecule has 0 bridgehead atoms. The number of benzene rings is 1. The van der Waals surface area contributed by atoms with Crippen molar-refractivity contribution >= 4 is 0 Å². The van der Waals surface area contributed by atoms with E-state index in [0.29, 0.717) is 43.4 Å². The molecule has 2 unspecified atom stereocenters. The van der Waals surface area contributed by atoms with Crippen LogP contribution in [0.3, 0.4) is 0 Å². The van der Waals surface area contributed by atoms with E-state index in [4.69, 9.17) is 14.2 Å². The van der Waals surface area contributed by atoms with Crippen LogP contribution in [0.5, 0.6) is 11.5 Å². The van der Waals surface area contributed by atoms with Crippen molar-refractivity contribution in [3.8, 4) is 11.5 Å². The third-order valence-corrected chi connectivity index (χ3v) is 3.45. The Morgan fingerprint density at radius 2 is 1.95 bits per heavy atom. The van der Waals surface area contributed by atoms with Crippen LogP contribution in [0.4, 0.5) is 4.39 Å². The zero-order valence-corrected chi connectivity index (χ0v) is 10.9. The van der Waals surface area contributed by atoms with Gasteiger partial charge in [-0.05, 0) is 30.2 Å². The van der Waals surface area contributed by atoms with Crippen LogP contribution in [-0.2, 0) is 4.74 Å². The van der Waals surface area contributed by atoms with Gasteiger partial charge in [-0.25, -0.2) is 4.39 Å². The molecule has 0 aliphatic carbocycles. The lowest BCUT2D eigenvalue weighted by atomic mass is 9.97. The Labute approximate surface area is 111 Å². The van der Waals surface area contributed by atoms with E-state index in [1.54, 1.807) is 6.07 Å². The van der Waals surface area contributed by atoms with Crippen LogP contribution in [0.2, 0.25) is 0 Å². The summed E-state index contributed by atoms with van der Waals surface area (Å²) in [4.78, 5) is 0. The lowest BCUT2D eigenvalue weighted by Gasteiger charge is -2.28. The molecule has 19 heavy (non-hydrogen) atoms. The molecule has 2 heterocycles. The number of alkyl halides is 1. The molecular weight excluding hydrogens is 249 g/mol. The molecule has 0 amide bonds. The first-order valence-electron chi connectivity index (χ1n) is 6.65. The Morgan fingerprint density at radius 3 is 2.58 bits per heavy atom. The summed E-state index contributed by atoms with van der Waals surface area (Å²) in [5, 5.41) is 3.26. The molecule has 2 aliphatic rings. The number of rotatable bonds is 2. The molecule has 4 nitrogen and oxygen atoms in total. The standard InChI is InChI=1S/C14H18FNO3/c1-9(15)10-6-12-13(19-5-4-18-12)7-11(10)14-8-16-2-3-17-14/h6-7,9,14,16H,2-5,8H2,1H3. The first-order chi connectivity index (χ1) is 9.25. The number of hydrogen-bond acceptors (Lipinski definition) is 4. The fourth-order valence-corrected chi connectivity index (χ4v) is 2.51. The lowest BCUT2D eigenvalue weighted by molar-refractivity contribution is 0.0261. The van der Waals surface area contributed by atoms with Crippen molar-refractivity contribution in [3.63, 3.8) is 0 Å². The zero-order chi connectivity index (χ0) is 13.2. The fraction of sp³-hybridized carbons (Fsp3) is 0.571. The van der Waals surface area contributed by atoms with Gasteiger partial charge in [-0.3, -0.25) is 0 Å². The van der Waals surface area contributed by atoms with E-state index in [1.807, 2.05) is 6.07 Å². The van der Waals surface area contributed by atoms with Gasteiger partial charge in [-0.1, -0.05) is 0 Å². The smallest absolute Gasteiger partial charge is 0.161 e. The minimum absolute atomic E-state index is 0.127. The van der Waals surface area contributed by atoms with Crippen molar-refractivity contribution in [1.82, 2.24) is 5.32 Å². The molecule has 0 radical (unpaired) electrons. The Bertz CT molecular complexity index is 458. The van der Waals surface area contributed by atoms with Gasteiger partial charge in [-0.2, -0.15) is 0 Å². The molecule has 5 heteroatoms. The van der Waals surface area contributed by atoms with Gasteiger partial charge in [0.15, 0.2) is 11.5 Å². The molecule has 2 aliphatic heterocycles. The lowest BCUT2D eigenvalue weighted by Crippen LogP contribution is -2.34. The quantitative estimate of drug-likeness (QED) is 0.891.